The summed E-state index contributed by atoms with van der Waals surface area (Å²) in [7, 11) is 0. The second kappa shape index (κ2) is 13.9. The first-order chi connectivity index (χ1) is 20.6. The van der Waals surface area contributed by atoms with E-state index in [-0.39, 0.29) is 63.7 Å². The molecule has 2 fully saturated rings. The number of halogens is 1. The molecule has 1 atom stereocenters. The number of amides is 3. The number of aromatic nitrogens is 1. The van der Waals surface area contributed by atoms with Gasteiger partial charge in [-0.1, -0.05) is 11.6 Å². The number of piperazine rings is 1. The predicted octanol–water partition coefficient (Wildman–Crippen LogP) is 3.02. The Kier molecular flexibility index (Phi) is 10.3. The van der Waals surface area contributed by atoms with E-state index >= 15 is 0 Å². The van der Waals surface area contributed by atoms with Crippen LogP contribution in [0.1, 0.15) is 56.4 Å². The number of hydrogen-bond acceptors (Lipinski definition) is 9. The van der Waals surface area contributed by atoms with E-state index in [0.717, 1.165) is 6.42 Å². The summed E-state index contributed by atoms with van der Waals surface area (Å²) >= 11 is 6.20. The molecule has 1 aliphatic carbocycles. The first-order valence-corrected chi connectivity index (χ1v) is 14.6. The summed E-state index contributed by atoms with van der Waals surface area (Å²) in [5.74, 6) is -2.61. The maximum Gasteiger partial charge on any atom is 0.409 e. The largest absolute Gasteiger partial charge is 0.481 e. The topological polar surface area (TPSA) is 165 Å². The molecule has 1 saturated carbocycles. The molecule has 14 heteroatoms. The number of hydrogen-bond donors (Lipinski definition) is 2. The quantitative estimate of drug-likeness (QED) is 0.358. The van der Waals surface area contributed by atoms with Gasteiger partial charge in [-0.15, -0.1) is 0 Å². The molecule has 232 valence electrons. The van der Waals surface area contributed by atoms with Crippen LogP contribution in [0.25, 0.3) is 10.9 Å². The number of carboxylic acid groups (broad SMARTS) is 1. The lowest BCUT2D eigenvalue weighted by Gasteiger charge is -2.39. The van der Waals surface area contributed by atoms with E-state index < -0.39 is 41.5 Å². The Bertz CT molecular complexity index is 1390. The lowest BCUT2D eigenvalue weighted by molar-refractivity contribution is -0.169. The fourth-order valence-corrected chi connectivity index (χ4v) is 5.16. The normalized spacial score (nSPS) is 16.5. The molecule has 1 saturated heterocycles. The van der Waals surface area contributed by atoms with Crippen molar-refractivity contribution in [2.75, 3.05) is 39.4 Å². The van der Waals surface area contributed by atoms with Crippen molar-refractivity contribution in [1.82, 2.24) is 20.1 Å². The van der Waals surface area contributed by atoms with Gasteiger partial charge in [0.2, 0.25) is 11.5 Å². The predicted molar refractivity (Wildman–Crippen MR) is 154 cm³/mol. The summed E-state index contributed by atoms with van der Waals surface area (Å²) in [6, 6.07) is 5.08. The first kappa shape index (κ1) is 31.8. The molecule has 1 aromatic heterocycles. The summed E-state index contributed by atoms with van der Waals surface area (Å²) in [6.45, 7) is 4.68. The summed E-state index contributed by atoms with van der Waals surface area (Å²) in [6.07, 6.45) is 0.656. The van der Waals surface area contributed by atoms with Crippen molar-refractivity contribution >= 4 is 52.4 Å². The molecule has 2 aromatic rings. The van der Waals surface area contributed by atoms with Gasteiger partial charge in [-0.3, -0.25) is 14.4 Å². The van der Waals surface area contributed by atoms with Crippen molar-refractivity contribution in [1.29, 1.82) is 0 Å². The second-order valence-corrected chi connectivity index (χ2v) is 10.7. The number of benzene rings is 1. The number of esters is 1. The monoisotopic (exact) mass is 618 g/mol. The van der Waals surface area contributed by atoms with E-state index in [1.807, 2.05) is 0 Å². The van der Waals surface area contributed by atoms with Crippen molar-refractivity contribution in [3.05, 3.63) is 35.0 Å². The number of aliphatic carboxylic acids is 1. The molecule has 2 N–H and O–H groups in total. The van der Waals surface area contributed by atoms with E-state index in [0.29, 0.717) is 28.8 Å². The van der Waals surface area contributed by atoms with E-state index in [1.54, 1.807) is 32.0 Å². The Morgan fingerprint density at radius 2 is 1.70 bits per heavy atom. The molecule has 2 heterocycles. The fraction of sp³-hybridized carbons (Fsp3) is 0.517. The highest BCUT2D eigenvalue weighted by Crippen LogP contribution is 2.40. The van der Waals surface area contributed by atoms with Crippen LogP contribution in [0, 0.1) is 0 Å². The molecular weight excluding hydrogens is 584 g/mol. The van der Waals surface area contributed by atoms with Gasteiger partial charge in [-0.25, -0.2) is 14.6 Å². The molecule has 4 rings (SSSR count). The molecule has 3 amide bonds. The van der Waals surface area contributed by atoms with E-state index in [9.17, 15) is 29.1 Å². The molecule has 1 unspecified atom stereocenters. The van der Waals surface area contributed by atoms with Gasteiger partial charge in [-0.05, 0) is 57.7 Å². The number of nitrogens with one attached hydrogen (secondary N) is 1. The Morgan fingerprint density at radius 3 is 2.30 bits per heavy atom. The standard InChI is InChI=1S/C29H35ClN4O9/c1-3-41-27(39)29(10-5-11-29)43-23-17-22(31-21-16-18(30)6-7-19(21)23)25(37)32-20(8-9-24(35)36)26(38)33-12-14-34(15-13-33)28(40)42-4-2/h6-7,16-17,20H,3-5,8-15H2,1-2H3,(H,32,37)(H,35,36). The van der Waals surface area contributed by atoms with E-state index in [1.165, 1.54) is 15.9 Å². The van der Waals surface area contributed by atoms with Gasteiger partial charge in [0.05, 0.1) is 18.7 Å². The number of carbonyl (C=O) groups excluding carboxylic acids is 4. The first-order valence-electron chi connectivity index (χ1n) is 14.3. The molecule has 13 nitrogen and oxygen atoms in total. The van der Waals surface area contributed by atoms with Crippen molar-refractivity contribution in [3.8, 4) is 5.75 Å². The van der Waals surface area contributed by atoms with Gasteiger partial charge in [-0.2, -0.15) is 0 Å². The highest BCUT2D eigenvalue weighted by Gasteiger charge is 2.48. The van der Waals surface area contributed by atoms with E-state index in [2.05, 4.69) is 10.3 Å². The zero-order valence-corrected chi connectivity index (χ0v) is 24.9. The van der Waals surface area contributed by atoms with Gasteiger partial charge in [0, 0.05) is 49.1 Å². The van der Waals surface area contributed by atoms with Crippen LogP contribution in [0.15, 0.2) is 24.3 Å². The number of rotatable bonds is 11. The Hall–Kier alpha value is -4.13. The molecule has 43 heavy (non-hydrogen) atoms. The molecule has 2 aliphatic rings. The highest BCUT2D eigenvalue weighted by atomic mass is 35.5. The fourth-order valence-electron chi connectivity index (χ4n) is 4.99. The van der Waals surface area contributed by atoms with Crippen molar-refractivity contribution in [2.24, 2.45) is 0 Å². The second-order valence-electron chi connectivity index (χ2n) is 10.3. The zero-order valence-electron chi connectivity index (χ0n) is 24.1. The van der Waals surface area contributed by atoms with Gasteiger partial charge < -0.3 is 34.4 Å². The number of fused-ring (bicyclic) bond motifs is 1. The van der Waals surface area contributed by atoms with Crippen LogP contribution in [0.4, 0.5) is 4.79 Å². The Labute approximate surface area is 253 Å². The molecule has 0 bridgehead atoms. The van der Waals surface area contributed by atoms with Crippen LogP contribution in [0.2, 0.25) is 5.02 Å². The van der Waals surface area contributed by atoms with Crippen molar-refractivity contribution in [2.45, 2.75) is 57.6 Å². The van der Waals surface area contributed by atoms with Crippen LogP contribution >= 0.6 is 11.6 Å². The van der Waals surface area contributed by atoms with Crippen LogP contribution in [-0.4, -0.2) is 101 Å². The lowest BCUT2D eigenvalue weighted by atomic mass is 9.80. The minimum absolute atomic E-state index is 0.108. The summed E-state index contributed by atoms with van der Waals surface area (Å²) in [5, 5.41) is 12.8. The van der Waals surface area contributed by atoms with Gasteiger partial charge >= 0.3 is 18.0 Å². The zero-order chi connectivity index (χ0) is 31.1. The van der Waals surface area contributed by atoms with Crippen LogP contribution in [0.5, 0.6) is 5.75 Å². The lowest BCUT2D eigenvalue weighted by Crippen LogP contribution is -2.56. The molecule has 1 aromatic carbocycles. The maximum absolute atomic E-state index is 13.5. The molecular formula is C29H35ClN4O9. The third kappa shape index (κ3) is 7.45. The van der Waals surface area contributed by atoms with Crippen LogP contribution in [-0.2, 0) is 23.9 Å². The molecule has 0 spiro atoms. The molecule has 0 radical (unpaired) electrons. The van der Waals surface area contributed by atoms with Gasteiger partial charge in [0.25, 0.3) is 5.91 Å². The third-order valence-corrected chi connectivity index (χ3v) is 7.68. The molecule has 1 aliphatic heterocycles. The summed E-state index contributed by atoms with van der Waals surface area (Å²) in [4.78, 5) is 70.5. The Balaban J connectivity index is 1.57. The highest BCUT2D eigenvalue weighted by molar-refractivity contribution is 6.31. The van der Waals surface area contributed by atoms with Crippen molar-refractivity contribution < 1.29 is 43.3 Å². The van der Waals surface area contributed by atoms with Crippen LogP contribution in [0.3, 0.4) is 0 Å². The summed E-state index contributed by atoms with van der Waals surface area (Å²) < 4.78 is 16.5. The number of carboxylic acids is 1. The Morgan fingerprint density at radius 1 is 1.02 bits per heavy atom. The smallest absolute Gasteiger partial charge is 0.409 e. The average Bonchev–Trinajstić information content (AvgIpc) is 2.96. The summed E-state index contributed by atoms with van der Waals surface area (Å²) in [5.41, 5.74) is -0.969. The number of ether oxygens (including phenoxy) is 3. The van der Waals surface area contributed by atoms with Crippen molar-refractivity contribution in [3.63, 3.8) is 0 Å². The van der Waals surface area contributed by atoms with E-state index in [4.69, 9.17) is 25.8 Å². The van der Waals surface area contributed by atoms with Gasteiger partial charge in [0.15, 0.2) is 0 Å². The average molecular weight is 619 g/mol. The number of nitrogens with zero attached hydrogens (tertiary/aromatic N) is 3. The van der Waals surface area contributed by atoms with Crippen LogP contribution < -0.4 is 10.1 Å². The minimum atomic E-state index is -1.19. The maximum atomic E-state index is 13.5. The van der Waals surface area contributed by atoms with Gasteiger partial charge in [0.1, 0.15) is 17.5 Å². The number of pyridine rings is 1. The third-order valence-electron chi connectivity index (χ3n) is 7.45. The number of carbonyl (C=O) groups is 5. The minimum Gasteiger partial charge on any atom is -0.481 e. The SMILES string of the molecule is CCOC(=O)N1CCN(C(=O)C(CCC(=O)O)NC(=O)c2cc(OC3(C(=O)OCC)CCC3)c3ccc(Cl)cc3n2)CC1.